The molecule has 0 saturated carbocycles. The summed E-state index contributed by atoms with van der Waals surface area (Å²) in [5.74, 6) is -1.00. The van der Waals surface area contributed by atoms with Gasteiger partial charge < -0.3 is 9.47 Å². The van der Waals surface area contributed by atoms with Crippen LogP contribution in [0.3, 0.4) is 0 Å². The summed E-state index contributed by atoms with van der Waals surface area (Å²) in [5, 5.41) is 3.97. The zero-order valence-corrected chi connectivity index (χ0v) is 23.4. The van der Waals surface area contributed by atoms with Crippen LogP contribution < -0.4 is 14.9 Å². The molecule has 39 heavy (non-hydrogen) atoms. The van der Waals surface area contributed by atoms with Gasteiger partial charge in [0.05, 0.1) is 11.8 Å². The number of benzene rings is 4. The number of hydrogen-bond acceptors (Lipinski definition) is 6. The van der Waals surface area contributed by atoms with Crippen molar-refractivity contribution in [3.63, 3.8) is 0 Å². The molecule has 0 aliphatic rings. The number of amides is 1. The van der Waals surface area contributed by atoms with Gasteiger partial charge in [0.15, 0.2) is 0 Å². The molecule has 4 aromatic carbocycles. The molecule has 0 aliphatic heterocycles. The Balaban J connectivity index is 1.40. The van der Waals surface area contributed by atoms with Crippen LogP contribution in [0.25, 0.3) is 6.08 Å². The maximum atomic E-state index is 12.6. The number of esters is 2. The van der Waals surface area contributed by atoms with Crippen molar-refractivity contribution in [3.05, 3.63) is 134 Å². The van der Waals surface area contributed by atoms with E-state index in [0.717, 1.165) is 8.95 Å². The predicted octanol–water partition coefficient (Wildman–Crippen LogP) is 6.81. The van der Waals surface area contributed by atoms with Gasteiger partial charge in [-0.2, -0.15) is 5.10 Å². The standard InChI is InChI=1S/C30H20Br2N2O5/c31-24-14-9-21(10-15-24)29(36)34-33-19-23-6-2-4-8-27(23)38-28(35)18-13-20-5-1-3-7-26(20)39-30(37)22-11-16-25(32)17-12-22/h1-19H,(H,34,36)/b18-13+,33-19+. The van der Waals surface area contributed by atoms with E-state index >= 15 is 0 Å². The molecular formula is C30H20Br2N2O5. The molecule has 0 heterocycles. The zero-order valence-electron chi connectivity index (χ0n) is 20.2. The van der Waals surface area contributed by atoms with Crippen molar-refractivity contribution >= 4 is 62.0 Å². The number of carbonyl (C=O) groups excluding carboxylic acids is 3. The largest absolute Gasteiger partial charge is 0.423 e. The molecule has 0 saturated heterocycles. The number of nitrogens with zero attached hydrogens (tertiary/aromatic N) is 1. The average Bonchev–Trinajstić information content (AvgIpc) is 2.94. The maximum Gasteiger partial charge on any atom is 0.343 e. The molecule has 7 nitrogen and oxygen atoms in total. The Morgan fingerprint density at radius 1 is 0.667 bits per heavy atom. The summed E-state index contributed by atoms with van der Waals surface area (Å²) in [5.41, 5.74) is 4.29. The van der Waals surface area contributed by atoms with Gasteiger partial charge in [0.25, 0.3) is 5.91 Å². The van der Waals surface area contributed by atoms with Crippen LogP contribution in [0.4, 0.5) is 0 Å². The Morgan fingerprint density at radius 2 is 1.21 bits per heavy atom. The monoisotopic (exact) mass is 646 g/mol. The molecule has 0 radical (unpaired) electrons. The van der Waals surface area contributed by atoms with Crippen LogP contribution in [-0.2, 0) is 4.79 Å². The third kappa shape index (κ3) is 8.07. The second-order valence-corrected chi connectivity index (χ2v) is 9.76. The highest BCUT2D eigenvalue weighted by Gasteiger charge is 2.11. The van der Waals surface area contributed by atoms with Gasteiger partial charge in [0, 0.05) is 31.7 Å². The normalized spacial score (nSPS) is 10.9. The van der Waals surface area contributed by atoms with E-state index in [1.807, 2.05) is 0 Å². The van der Waals surface area contributed by atoms with Gasteiger partial charge in [0.2, 0.25) is 0 Å². The minimum absolute atomic E-state index is 0.253. The van der Waals surface area contributed by atoms with E-state index in [-0.39, 0.29) is 11.7 Å². The van der Waals surface area contributed by atoms with Crippen molar-refractivity contribution in [3.8, 4) is 11.5 Å². The van der Waals surface area contributed by atoms with E-state index in [1.165, 1.54) is 18.4 Å². The summed E-state index contributed by atoms with van der Waals surface area (Å²) in [6, 6.07) is 27.2. The summed E-state index contributed by atoms with van der Waals surface area (Å²) in [4.78, 5) is 37.4. The van der Waals surface area contributed by atoms with Crippen molar-refractivity contribution in [1.82, 2.24) is 5.43 Å². The Morgan fingerprint density at radius 3 is 1.85 bits per heavy atom. The molecule has 0 unspecified atom stereocenters. The van der Waals surface area contributed by atoms with Crippen LogP contribution in [0.15, 0.2) is 117 Å². The van der Waals surface area contributed by atoms with Gasteiger partial charge in [-0.1, -0.05) is 62.2 Å². The van der Waals surface area contributed by atoms with Crippen LogP contribution in [0.1, 0.15) is 31.8 Å². The predicted molar refractivity (Wildman–Crippen MR) is 156 cm³/mol. The highest BCUT2D eigenvalue weighted by atomic mass is 79.9. The van der Waals surface area contributed by atoms with Crippen molar-refractivity contribution < 1.29 is 23.9 Å². The quantitative estimate of drug-likeness (QED) is 0.0745. The molecule has 4 rings (SSSR count). The SMILES string of the molecule is O=C(/C=C/c1ccccc1OC(=O)c1ccc(Br)cc1)Oc1ccccc1/C=N/NC(=O)c1ccc(Br)cc1. The fraction of sp³-hybridized carbons (Fsp3) is 0. The Labute approximate surface area is 241 Å². The Hall–Kier alpha value is -4.34. The lowest BCUT2D eigenvalue weighted by atomic mass is 10.2. The van der Waals surface area contributed by atoms with Crippen LogP contribution in [-0.4, -0.2) is 24.1 Å². The number of para-hydroxylation sites is 2. The summed E-state index contributed by atoms with van der Waals surface area (Å²) < 4.78 is 12.7. The lowest BCUT2D eigenvalue weighted by molar-refractivity contribution is -0.128. The van der Waals surface area contributed by atoms with Crippen molar-refractivity contribution in [2.75, 3.05) is 0 Å². The highest BCUT2D eigenvalue weighted by Crippen LogP contribution is 2.22. The third-order valence-corrected chi connectivity index (χ3v) is 6.26. The molecule has 0 aliphatic carbocycles. The Bertz CT molecular complexity index is 1550. The smallest absolute Gasteiger partial charge is 0.343 e. The van der Waals surface area contributed by atoms with Gasteiger partial charge in [-0.05, 0) is 72.8 Å². The topological polar surface area (TPSA) is 94.1 Å². The van der Waals surface area contributed by atoms with Crippen molar-refractivity contribution in [1.29, 1.82) is 0 Å². The van der Waals surface area contributed by atoms with Gasteiger partial charge in [0.1, 0.15) is 11.5 Å². The first-order valence-electron chi connectivity index (χ1n) is 11.5. The van der Waals surface area contributed by atoms with Crippen LogP contribution in [0, 0.1) is 0 Å². The summed E-state index contributed by atoms with van der Waals surface area (Å²) in [6.07, 6.45) is 4.12. The summed E-state index contributed by atoms with van der Waals surface area (Å²) >= 11 is 6.66. The molecule has 9 heteroatoms. The fourth-order valence-electron chi connectivity index (χ4n) is 3.26. The third-order valence-electron chi connectivity index (χ3n) is 5.21. The molecule has 1 N–H and O–H groups in total. The van der Waals surface area contributed by atoms with Crippen molar-refractivity contribution in [2.24, 2.45) is 5.10 Å². The second kappa shape index (κ2) is 13.5. The first-order chi connectivity index (χ1) is 18.9. The van der Waals surface area contributed by atoms with E-state index < -0.39 is 11.9 Å². The molecular weight excluding hydrogens is 628 g/mol. The number of ether oxygens (including phenoxy) is 2. The minimum atomic E-state index is -0.649. The molecule has 0 bridgehead atoms. The summed E-state index contributed by atoms with van der Waals surface area (Å²) in [6.45, 7) is 0. The maximum absolute atomic E-state index is 12.6. The molecule has 4 aromatic rings. The van der Waals surface area contributed by atoms with Gasteiger partial charge >= 0.3 is 11.9 Å². The lowest BCUT2D eigenvalue weighted by Crippen LogP contribution is -2.17. The van der Waals surface area contributed by atoms with Crippen molar-refractivity contribution in [2.45, 2.75) is 0 Å². The number of rotatable bonds is 8. The molecule has 0 fully saturated rings. The minimum Gasteiger partial charge on any atom is -0.423 e. The van der Waals surface area contributed by atoms with E-state index in [2.05, 4.69) is 42.4 Å². The van der Waals surface area contributed by atoms with Gasteiger partial charge in [-0.25, -0.2) is 15.0 Å². The molecule has 194 valence electrons. The number of hydrogen-bond donors (Lipinski definition) is 1. The molecule has 0 atom stereocenters. The fourth-order valence-corrected chi connectivity index (χ4v) is 3.79. The number of nitrogens with one attached hydrogen (secondary N) is 1. The summed E-state index contributed by atoms with van der Waals surface area (Å²) in [7, 11) is 0. The second-order valence-electron chi connectivity index (χ2n) is 7.93. The number of halogens is 2. The lowest BCUT2D eigenvalue weighted by Gasteiger charge is -2.08. The van der Waals surface area contributed by atoms with E-state index in [1.54, 1.807) is 97.1 Å². The molecule has 0 aromatic heterocycles. The average molecular weight is 648 g/mol. The Kier molecular flexibility index (Phi) is 9.55. The first-order valence-corrected chi connectivity index (χ1v) is 13.1. The molecule has 1 amide bonds. The van der Waals surface area contributed by atoms with E-state index in [4.69, 9.17) is 9.47 Å². The van der Waals surface area contributed by atoms with E-state index in [9.17, 15) is 14.4 Å². The van der Waals surface area contributed by atoms with Crippen LogP contribution in [0.2, 0.25) is 0 Å². The van der Waals surface area contributed by atoms with Gasteiger partial charge in [-0.3, -0.25) is 4.79 Å². The first kappa shape index (κ1) is 27.7. The van der Waals surface area contributed by atoms with Crippen LogP contribution in [0.5, 0.6) is 11.5 Å². The molecule has 0 spiro atoms. The van der Waals surface area contributed by atoms with Gasteiger partial charge in [-0.15, -0.1) is 0 Å². The van der Waals surface area contributed by atoms with Crippen LogP contribution >= 0.6 is 31.9 Å². The zero-order chi connectivity index (χ0) is 27.6. The number of hydrazone groups is 1. The van der Waals surface area contributed by atoms with E-state index in [0.29, 0.717) is 28.0 Å². The highest BCUT2D eigenvalue weighted by molar-refractivity contribution is 9.10. The number of carbonyl (C=O) groups is 3.